The van der Waals surface area contributed by atoms with Gasteiger partial charge in [0.25, 0.3) is 0 Å². The summed E-state index contributed by atoms with van der Waals surface area (Å²) in [6, 6.07) is 14.0. The Morgan fingerprint density at radius 3 is 2.48 bits per heavy atom. The van der Waals surface area contributed by atoms with Crippen molar-refractivity contribution in [3.63, 3.8) is 0 Å². The largest absolute Gasteiger partial charge is 0.371 e. The Labute approximate surface area is 183 Å². The molecule has 0 spiro atoms. The summed E-state index contributed by atoms with van der Waals surface area (Å²) >= 11 is 0. The first-order chi connectivity index (χ1) is 14.9. The maximum absolute atomic E-state index is 12.9. The molecule has 2 heterocycles. The highest BCUT2D eigenvalue weighted by atomic mass is 32.2. The average Bonchev–Trinajstić information content (AvgIpc) is 3.21. The van der Waals surface area contributed by atoms with Crippen molar-refractivity contribution in [2.24, 2.45) is 5.92 Å². The van der Waals surface area contributed by atoms with Crippen LogP contribution in [0, 0.1) is 17.2 Å². The molecule has 0 unspecified atom stereocenters. The molecule has 0 atom stereocenters. The molecule has 1 N–H and O–H groups in total. The summed E-state index contributed by atoms with van der Waals surface area (Å²) in [5.74, 6) is -0.278. The third kappa shape index (κ3) is 4.29. The zero-order valence-electron chi connectivity index (χ0n) is 17.5. The number of hydrogen-bond acceptors (Lipinski definition) is 5. The summed E-state index contributed by atoms with van der Waals surface area (Å²) in [5, 5.41) is 11.9. The van der Waals surface area contributed by atoms with Gasteiger partial charge in [0, 0.05) is 43.5 Å². The van der Waals surface area contributed by atoms with E-state index in [2.05, 4.69) is 23.2 Å². The lowest BCUT2D eigenvalue weighted by molar-refractivity contribution is -0.120. The van der Waals surface area contributed by atoms with Gasteiger partial charge in [0.2, 0.25) is 15.9 Å². The minimum atomic E-state index is -3.62. The second-order valence-electron chi connectivity index (χ2n) is 7.98. The second-order valence-corrected chi connectivity index (χ2v) is 9.91. The smallest absolute Gasteiger partial charge is 0.243 e. The molecule has 0 bridgehead atoms. The van der Waals surface area contributed by atoms with Crippen LogP contribution in [0.15, 0.2) is 47.4 Å². The monoisotopic (exact) mass is 438 g/mol. The van der Waals surface area contributed by atoms with Crippen molar-refractivity contribution in [3.8, 4) is 6.07 Å². The van der Waals surface area contributed by atoms with Gasteiger partial charge in [-0.1, -0.05) is 6.07 Å². The molecular weight excluding hydrogens is 412 g/mol. The van der Waals surface area contributed by atoms with Crippen molar-refractivity contribution in [1.29, 1.82) is 5.26 Å². The summed E-state index contributed by atoms with van der Waals surface area (Å²) in [6.07, 6.45) is 1.99. The molecule has 8 heteroatoms. The van der Waals surface area contributed by atoms with Gasteiger partial charge in [-0.25, -0.2) is 8.42 Å². The molecule has 0 saturated carbocycles. The van der Waals surface area contributed by atoms with Crippen molar-refractivity contribution < 1.29 is 13.2 Å². The van der Waals surface area contributed by atoms with Crippen LogP contribution < -0.4 is 10.2 Å². The van der Waals surface area contributed by atoms with Gasteiger partial charge in [0.05, 0.1) is 16.5 Å². The minimum absolute atomic E-state index is 0.0589. The van der Waals surface area contributed by atoms with Crippen molar-refractivity contribution in [3.05, 3.63) is 53.6 Å². The number of rotatable bonds is 5. The van der Waals surface area contributed by atoms with Gasteiger partial charge in [-0.15, -0.1) is 0 Å². The van der Waals surface area contributed by atoms with E-state index >= 15 is 0 Å². The van der Waals surface area contributed by atoms with Gasteiger partial charge in [0.1, 0.15) is 0 Å². The zero-order valence-corrected chi connectivity index (χ0v) is 18.4. The maximum Gasteiger partial charge on any atom is 0.243 e. The van der Waals surface area contributed by atoms with Gasteiger partial charge in [0.15, 0.2) is 0 Å². The van der Waals surface area contributed by atoms with Gasteiger partial charge >= 0.3 is 0 Å². The fourth-order valence-corrected chi connectivity index (χ4v) is 5.77. The second kappa shape index (κ2) is 8.69. The molecule has 7 nitrogen and oxygen atoms in total. The molecule has 162 valence electrons. The number of piperidine rings is 1. The topological polar surface area (TPSA) is 93.5 Å². The van der Waals surface area contributed by atoms with Crippen LogP contribution in [0.1, 0.15) is 30.9 Å². The summed E-state index contributed by atoms with van der Waals surface area (Å²) in [6.45, 7) is 4.68. The van der Waals surface area contributed by atoms with Crippen LogP contribution in [0.5, 0.6) is 0 Å². The van der Waals surface area contributed by atoms with E-state index in [0.29, 0.717) is 31.5 Å². The summed E-state index contributed by atoms with van der Waals surface area (Å²) in [4.78, 5) is 15.3. The van der Waals surface area contributed by atoms with E-state index in [0.717, 1.165) is 25.2 Å². The van der Waals surface area contributed by atoms with Crippen LogP contribution in [-0.4, -0.2) is 44.8 Å². The van der Waals surface area contributed by atoms with Crippen LogP contribution in [0.3, 0.4) is 0 Å². The van der Waals surface area contributed by atoms with Crippen LogP contribution >= 0.6 is 0 Å². The zero-order chi connectivity index (χ0) is 22.0. The predicted molar refractivity (Wildman–Crippen MR) is 119 cm³/mol. The number of nitrogens with zero attached hydrogens (tertiary/aromatic N) is 3. The van der Waals surface area contributed by atoms with Crippen LogP contribution in [0.2, 0.25) is 0 Å². The molecule has 2 aromatic carbocycles. The van der Waals surface area contributed by atoms with E-state index in [-0.39, 0.29) is 16.7 Å². The number of anilines is 2. The fraction of sp³-hybridized carbons (Fsp3) is 0.391. The lowest BCUT2D eigenvalue weighted by Gasteiger charge is -2.30. The standard InChI is InChI=1S/C23H26N4O3S/c1-2-26-12-9-18-5-6-20(15-22(18)26)25-23(28)19-10-13-27(14-11-19)31(29,30)21-7-3-17(16-24)4-8-21/h3-8,15,19H,2,9-14H2,1H3,(H,25,28). The number of likely N-dealkylation sites (N-methyl/N-ethyl adjacent to an activating group) is 1. The normalized spacial score (nSPS) is 17.2. The van der Waals surface area contributed by atoms with Crippen LogP contribution in [-0.2, 0) is 21.2 Å². The number of carbonyl (C=O) groups excluding carboxylic acids is 1. The Hall–Kier alpha value is -2.89. The molecular formula is C23H26N4O3S. The van der Waals surface area contributed by atoms with E-state index in [1.807, 2.05) is 18.2 Å². The Kier molecular flexibility index (Phi) is 5.99. The molecule has 1 fully saturated rings. The number of amides is 1. The lowest BCUT2D eigenvalue weighted by atomic mass is 9.97. The first kappa shape index (κ1) is 21.3. The highest BCUT2D eigenvalue weighted by molar-refractivity contribution is 7.89. The van der Waals surface area contributed by atoms with Gasteiger partial charge in [-0.05, 0) is 68.1 Å². The predicted octanol–water partition coefficient (Wildman–Crippen LogP) is 2.98. The fourth-order valence-electron chi connectivity index (χ4n) is 4.30. The first-order valence-corrected chi connectivity index (χ1v) is 12.1. The molecule has 1 amide bonds. The number of nitriles is 1. The minimum Gasteiger partial charge on any atom is -0.371 e. The third-order valence-electron chi connectivity index (χ3n) is 6.17. The van der Waals surface area contributed by atoms with Gasteiger partial charge < -0.3 is 10.2 Å². The third-order valence-corrected chi connectivity index (χ3v) is 8.09. The number of fused-ring (bicyclic) bond motifs is 1. The molecule has 2 aliphatic rings. The molecule has 31 heavy (non-hydrogen) atoms. The Morgan fingerprint density at radius 2 is 1.84 bits per heavy atom. The highest BCUT2D eigenvalue weighted by Gasteiger charge is 2.32. The van der Waals surface area contributed by atoms with Crippen LogP contribution in [0.25, 0.3) is 0 Å². The molecule has 4 rings (SSSR count). The highest BCUT2D eigenvalue weighted by Crippen LogP contribution is 2.31. The Balaban J connectivity index is 1.37. The van der Waals surface area contributed by atoms with E-state index in [4.69, 9.17) is 5.26 Å². The average molecular weight is 439 g/mol. The van der Waals surface area contributed by atoms with E-state index < -0.39 is 10.0 Å². The Morgan fingerprint density at radius 1 is 1.13 bits per heavy atom. The van der Waals surface area contributed by atoms with Crippen molar-refractivity contribution in [2.45, 2.75) is 31.1 Å². The number of hydrogen-bond donors (Lipinski definition) is 1. The Bertz CT molecular complexity index is 1110. The number of carbonyl (C=O) groups is 1. The number of nitrogens with one attached hydrogen (secondary N) is 1. The molecule has 0 radical (unpaired) electrons. The summed E-state index contributed by atoms with van der Waals surface area (Å²) < 4.78 is 27.1. The van der Waals surface area contributed by atoms with Gasteiger partial charge in [-0.2, -0.15) is 9.57 Å². The molecule has 2 aliphatic heterocycles. The van der Waals surface area contributed by atoms with E-state index in [9.17, 15) is 13.2 Å². The maximum atomic E-state index is 12.9. The van der Waals surface area contributed by atoms with E-state index in [1.165, 1.54) is 39.8 Å². The quantitative estimate of drug-likeness (QED) is 0.775. The van der Waals surface area contributed by atoms with Crippen molar-refractivity contribution in [1.82, 2.24) is 4.31 Å². The number of benzene rings is 2. The molecule has 2 aromatic rings. The molecule has 1 saturated heterocycles. The molecule has 0 aromatic heterocycles. The van der Waals surface area contributed by atoms with Crippen LogP contribution in [0.4, 0.5) is 11.4 Å². The van der Waals surface area contributed by atoms with Gasteiger partial charge in [-0.3, -0.25) is 4.79 Å². The van der Waals surface area contributed by atoms with E-state index in [1.54, 1.807) is 0 Å². The van der Waals surface area contributed by atoms with Crippen molar-refractivity contribution in [2.75, 3.05) is 36.4 Å². The number of sulfonamides is 1. The summed E-state index contributed by atoms with van der Waals surface area (Å²) in [7, 11) is -3.62. The lowest BCUT2D eigenvalue weighted by Crippen LogP contribution is -2.41. The first-order valence-electron chi connectivity index (χ1n) is 10.6. The SMILES string of the molecule is CCN1CCc2ccc(NC(=O)C3CCN(S(=O)(=O)c4ccc(C#N)cc4)CC3)cc21. The molecule has 0 aliphatic carbocycles. The summed E-state index contributed by atoms with van der Waals surface area (Å²) in [5.41, 5.74) is 3.70. The van der Waals surface area contributed by atoms with Crippen molar-refractivity contribution >= 4 is 27.3 Å².